The maximum Gasteiger partial charge on any atom is 0.131 e. The van der Waals surface area contributed by atoms with E-state index in [9.17, 15) is 0 Å². The molecule has 1 aromatic carbocycles. The highest BCUT2D eigenvalue weighted by molar-refractivity contribution is 5.31. The first kappa shape index (κ1) is 14.2. The van der Waals surface area contributed by atoms with Crippen LogP contribution in [0.1, 0.15) is 48.2 Å². The summed E-state index contributed by atoms with van der Waals surface area (Å²) in [5, 5.41) is 3.38. The highest BCUT2D eigenvalue weighted by atomic mass is 14.9. The van der Waals surface area contributed by atoms with Gasteiger partial charge in [0.1, 0.15) is 5.82 Å². The standard InChI is InChI=1S/C18H23N3/c1-2-9-19-11-14-12-20-18(21-13-14)17-8-7-15-5-3-4-6-16(15)10-17/h3-6,12-13,17,19H,2,7-11H2,1H3. The Kier molecular flexibility index (Phi) is 4.61. The third-order valence-electron chi connectivity index (χ3n) is 4.19. The van der Waals surface area contributed by atoms with E-state index in [2.05, 4.69) is 46.5 Å². The fourth-order valence-corrected chi connectivity index (χ4v) is 2.99. The van der Waals surface area contributed by atoms with E-state index < -0.39 is 0 Å². The van der Waals surface area contributed by atoms with Gasteiger partial charge >= 0.3 is 0 Å². The van der Waals surface area contributed by atoms with Gasteiger partial charge in [-0.05, 0) is 43.4 Å². The van der Waals surface area contributed by atoms with Gasteiger partial charge in [0.25, 0.3) is 0 Å². The molecule has 3 rings (SSSR count). The Morgan fingerprint density at radius 1 is 1.14 bits per heavy atom. The number of hydrogen-bond donors (Lipinski definition) is 1. The summed E-state index contributed by atoms with van der Waals surface area (Å²) >= 11 is 0. The van der Waals surface area contributed by atoms with Gasteiger partial charge in [-0.15, -0.1) is 0 Å². The SMILES string of the molecule is CCCNCc1cnc(C2CCc3ccccc3C2)nc1. The van der Waals surface area contributed by atoms with Crippen LogP contribution in [0.15, 0.2) is 36.7 Å². The van der Waals surface area contributed by atoms with Gasteiger partial charge in [-0.2, -0.15) is 0 Å². The lowest BCUT2D eigenvalue weighted by Gasteiger charge is -2.23. The smallest absolute Gasteiger partial charge is 0.131 e. The maximum absolute atomic E-state index is 4.60. The Balaban J connectivity index is 1.65. The van der Waals surface area contributed by atoms with Crippen LogP contribution in [0, 0.1) is 0 Å². The summed E-state index contributed by atoms with van der Waals surface area (Å²) in [5.74, 6) is 1.47. The second-order valence-corrected chi connectivity index (χ2v) is 5.83. The Bertz CT molecular complexity index is 577. The third-order valence-corrected chi connectivity index (χ3v) is 4.19. The number of benzene rings is 1. The molecule has 2 aromatic rings. The van der Waals surface area contributed by atoms with Gasteiger partial charge in [0, 0.05) is 30.4 Å². The molecule has 0 saturated heterocycles. The van der Waals surface area contributed by atoms with Crippen LogP contribution in [0.25, 0.3) is 0 Å². The number of nitrogens with one attached hydrogen (secondary N) is 1. The molecule has 0 aliphatic heterocycles. The van der Waals surface area contributed by atoms with Gasteiger partial charge in [0.05, 0.1) is 0 Å². The van der Waals surface area contributed by atoms with E-state index in [1.165, 1.54) is 16.7 Å². The summed E-state index contributed by atoms with van der Waals surface area (Å²) in [6.07, 6.45) is 8.48. The Labute approximate surface area is 126 Å². The van der Waals surface area contributed by atoms with Gasteiger partial charge in [0.2, 0.25) is 0 Å². The summed E-state index contributed by atoms with van der Waals surface area (Å²) < 4.78 is 0. The number of hydrogen-bond acceptors (Lipinski definition) is 3. The molecule has 0 bridgehead atoms. The van der Waals surface area contributed by atoms with Crippen LogP contribution in [0.3, 0.4) is 0 Å². The molecule has 1 atom stereocenters. The molecule has 1 aromatic heterocycles. The van der Waals surface area contributed by atoms with E-state index in [-0.39, 0.29) is 0 Å². The molecular weight excluding hydrogens is 258 g/mol. The number of aryl methyl sites for hydroxylation is 1. The second kappa shape index (κ2) is 6.81. The normalized spacial score (nSPS) is 17.5. The van der Waals surface area contributed by atoms with Gasteiger partial charge in [0.15, 0.2) is 0 Å². The highest BCUT2D eigenvalue weighted by Crippen LogP contribution is 2.30. The van der Waals surface area contributed by atoms with Crippen LogP contribution >= 0.6 is 0 Å². The number of aromatic nitrogens is 2. The minimum Gasteiger partial charge on any atom is -0.313 e. The summed E-state index contributed by atoms with van der Waals surface area (Å²) in [7, 11) is 0. The zero-order chi connectivity index (χ0) is 14.5. The fourth-order valence-electron chi connectivity index (χ4n) is 2.99. The Hall–Kier alpha value is -1.74. The minimum atomic E-state index is 0.470. The summed E-state index contributed by atoms with van der Waals surface area (Å²) in [6, 6.07) is 8.75. The molecule has 1 heterocycles. The van der Waals surface area contributed by atoms with Crippen molar-refractivity contribution in [1.29, 1.82) is 0 Å². The first-order chi connectivity index (χ1) is 10.4. The van der Waals surface area contributed by atoms with E-state index in [0.717, 1.165) is 44.6 Å². The zero-order valence-corrected chi connectivity index (χ0v) is 12.7. The fraction of sp³-hybridized carbons (Fsp3) is 0.444. The van der Waals surface area contributed by atoms with Crippen molar-refractivity contribution in [3.05, 3.63) is 59.2 Å². The quantitative estimate of drug-likeness (QED) is 0.855. The molecule has 3 heteroatoms. The Morgan fingerprint density at radius 3 is 2.67 bits per heavy atom. The van der Waals surface area contributed by atoms with Crippen LogP contribution in [-0.4, -0.2) is 16.5 Å². The van der Waals surface area contributed by atoms with Crippen LogP contribution in [-0.2, 0) is 19.4 Å². The average molecular weight is 281 g/mol. The number of nitrogens with zero attached hydrogens (tertiary/aromatic N) is 2. The summed E-state index contributed by atoms with van der Waals surface area (Å²) in [4.78, 5) is 9.21. The Morgan fingerprint density at radius 2 is 1.90 bits per heavy atom. The van der Waals surface area contributed by atoms with Crippen molar-refractivity contribution in [3.63, 3.8) is 0 Å². The lowest BCUT2D eigenvalue weighted by molar-refractivity contribution is 0.553. The van der Waals surface area contributed by atoms with Crippen molar-refractivity contribution in [2.75, 3.05) is 6.54 Å². The average Bonchev–Trinajstić information content (AvgIpc) is 2.55. The second-order valence-electron chi connectivity index (χ2n) is 5.83. The minimum absolute atomic E-state index is 0.470. The monoisotopic (exact) mass is 281 g/mol. The molecule has 1 unspecified atom stereocenters. The van der Waals surface area contributed by atoms with Gasteiger partial charge < -0.3 is 5.32 Å². The number of rotatable bonds is 5. The molecule has 0 amide bonds. The van der Waals surface area contributed by atoms with Crippen molar-refractivity contribution in [1.82, 2.24) is 15.3 Å². The summed E-state index contributed by atoms with van der Waals surface area (Å²) in [5.41, 5.74) is 4.13. The molecule has 1 aliphatic rings. The van der Waals surface area contributed by atoms with Crippen LogP contribution in [0.2, 0.25) is 0 Å². The zero-order valence-electron chi connectivity index (χ0n) is 12.7. The van der Waals surface area contributed by atoms with Gasteiger partial charge in [-0.1, -0.05) is 31.2 Å². The topological polar surface area (TPSA) is 37.8 Å². The maximum atomic E-state index is 4.60. The molecule has 1 aliphatic carbocycles. The molecule has 0 radical (unpaired) electrons. The van der Waals surface area contributed by atoms with E-state index in [0.29, 0.717) is 5.92 Å². The lowest BCUT2D eigenvalue weighted by Crippen LogP contribution is -2.17. The highest BCUT2D eigenvalue weighted by Gasteiger charge is 2.21. The van der Waals surface area contributed by atoms with Crippen molar-refractivity contribution < 1.29 is 0 Å². The van der Waals surface area contributed by atoms with Crippen molar-refractivity contribution in [3.8, 4) is 0 Å². The molecule has 1 N–H and O–H groups in total. The third kappa shape index (κ3) is 3.48. The van der Waals surface area contributed by atoms with E-state index in [1.54, 1.807) is 0 Å². The molecular formula is C18H23N3. The van der Waals surface area contributed by atoms with E-state index in [1.807, 2.05) is 12.4 Å². The lowest BCUT2D eigenvalue weighted by atomic mass is 9.83. The first-order valence-corrected chi connectivity index (χ1v) is 7.95. The van der Waals surface area contributed by atoms with Crippen LogP contribution < -0.4 is 5.32 Å². The van der Waals surface area contributed by atoms with Gasteiger partial charge in [-0.3, -0.25) is 0 Å². The van der Waals surface area contributed by atoms with E-state index in [4.69, 9.17) is 0 Å². The number of fused-ring (bicyclic) bond motifs is 1. The summed E-state index contributed by atoms with van der Waals surface area (Å²) in [6.45, 7) is 4.08. The molecule has 3 nitrogen and oxygen atoms in total. The first-order valence-electron chi connectivity index (χ1n) is 7.95. The van der Waals surface area contributed by atoms with Gasteiger partial charge in [-0.25, -0.2) is 9.97 Å². The molecule has 21 heavy (non-hydrogen) atoms. The van der Waals surface area contributed by atoms with Crippen LogP contribution in [0.5, 0.6) is 0 Å². The van der Waals surface area contributed by atoms with Crippen LogP contribution in [0.4, 0.5) is 0 Å². The molecule has 0 spiro atoms. The molecule has 110 valence electrons. The largest absolute Gasteiger partial charge is 0.313 e. The molecule has 0 saturated carbocycles. The molecule has 0 fully saturated rings. The predicted molar refractivity (Wildman–Crippen MR) is 85.2 cm³/mol. The van der Waals surface area contributed by atoms with Crippen molar-refractivity contribution in [2.45, 2.75) is 45.1 Å². The predicted octanol–water partition coefficient (Wildman–Crippen LogP) is 3.25. The van der Waals surface area contributed by atoms with Crippen molar-refractivity contribution >= 4 is 0 Å². The van der Waals surface area contributed by atoms with E-state index >= 15 is 0 Å². The van der Waals surface area contributed by atoms with Crippen molar-refractivity contribution in [2.24, 2.45) is 0 Å².